The Morgan fingerprint density at radius 1 is 1.33 bits per heavy atom. The molecule has 2 rings (SSSR count). The molecule has 0 radical (unpaired) electrons. The van der Waals surface area contributed by atoms with Crippen molar-refractivity contribution < 1.29 is 9.21 Å². The summed E-state index contributed by atoms with van der Waals surface area (Å²) in [7, 11) is 3.43. The number of amides is 1. The molecule has 0 bridgehead atoms. The van der Waals surface area contributed by atoms with Gasteiger partial charge in [0.25, 0.3) is 5.91 Å². The average Bonchev–Trinajstić information content (AvgIpc) is 2.87. The van der Waals surface area contributed by atoms with Crippen LogP contribution in [0.2, 0.25) is 5.02 Å². The Hall–Kier alpha value is -1.46. The number of halogens is 2. The number of hydrogen-bond acceptors (Lipinski definition) is 3. The summed E-state index contributed by atoms with van der Waals surface area (Å²) < 4.78 is 6.18. The summed E-state index contributed by atoms with van der Waals surface area (Å²) in [4.78, 5) is 13.5. The summed E-state index contributed by atoms with van der Waals surface area (Å²) in [5.74, 6) is 0.713. The van der Waals surface area contributed by atoms with Gasteiger partial charge in [0.2, 0.25) is 0 Å². The predicted octanol–water partition coefficient (Wildman–Crippen LogP) is 4.57. The molecule has 0 spiro atoms. The van der Waals surface area contributed by atoms with Gasteiger partial charge in [-0.15, -0.1) is 0 Å². The highest BCUT2D eigenvalue weighted by atomic mass is 79.9. The van der Waals surface area contributed by atoms with Crippen molar-refractivity contribution in [2.45, 2.75) is 13.0 Å². The van der Waals surface area contributed by atoms with E-state index >= 15 is 0 Å². The number of carbonyl (C=O) groups excluding carboxylic acids is 1. The number of nitrogens with zero attached hydrogens (tertiary/aromatic N) is 1. The van der Waals surface area contributed by atoms with E-state index in [1.54, 1.807) is 32.3 Å². The Morgan fingerprint density at radius 3 is 2.62 bits per heavy atom. The monoisotopic (exact) mass is 370 g/mol. The van der Waals surface area contributed by atoms with Crippen molar-refractivity contribution in [3.05, 3.63) is 51.3 Å². The fourth-order valence-electron chi connectivity index (χ4n) is 1.89. The molecule has 0 aliphatic carbocycles. The van der Waals surface area contributed by atoms with Crippen LogP contribution in [0.4, 0.5) is 5.69 Å². The maximum Gasteiger partial charge on any atom is 0.253 e. The molecule has 0 fully saturated rings. The van der Waals surface area contributed by atoms with Gasteiger partial charge in [-0.05, 0) is 53.2 Å². The second kappa shape index (κ2) is 6.54. The lowest BCUT2D eigenvalue weighted by Gasteiger charge is -2.16. The van der Waals surface area contributed by atoms with Crippen molar-refractivity contribution in [3.63, 3.8) is 0 Å². The number of hydrogen-bond donors (Lipinski definition) is 1. The van der Waals surface area contributed by atoms with Crippen molar-refractivity contribution in [1.82, 2.24) is 4.90 Å². The molecule has 0 saturated carbocycles. The molecule has 1 atom stereocenters. The molecule has 4 nitrogen and oxygen atoms in total. The maximum atomic E-state index is 12.0. The first-order valence-electron chi connectivity index (χ1n) is 6.41. The van der Waals surface area contributed by atoms with E-state index in [-0.39, 0.29) is 11.9 Å². The van der Waals surface area contributed by atoms with E-state index in [1.807, 2.05) is 19.1 Å². The van der Waals surface area contributed by atoms with Gasteiger partial charge in [0.1, 0.15) is 5.76 Å². The van der Waals surface area contributed by atoms with Crippen molar-refractivity contribution in [2.75, 3.05) is 19.4 Å². The molecule has 1 heterocycles. The third kappa shape index (κ3) is 3.80. The third-order valence-corrected chi connectivity index (χ3v) is 3.77. The first-order valence-corrected chi connectivity index (χ1v) is 7.58. The zero-order valence-corrected chi connectivity index (χ0v) is 14.3. The van der Waals surface area contributed by atoms with Gasteiger partial charge in [-0.25, -0.2) is 0 Å². The smallest absolute Gasteiger partial charge is 0.253 e. The number of carbonyl (C=O) groups is 1. The van der Waals surface area contributed by atoms with Crippen LogP contribution >= 0.6 is 27.5 Å². The molecule has 0 saturated heterocycles. The lowest BCUT2D eigenvalue weighted by Crippen LogP contribution is -2.21. The van der Waals surface area contributed by atoms with Crippen LogP contribution < -0.4 is 5.32 Å². The zero-order valence-electron chi connectivity index (χ0n) is 12.0. The minimum atomic E-state index is -0.0708. The van der Waals surface area contributed by atoms with Gasteiger partial charge in [0, 0.05) is 19.7 Å². The van der Waals surface area contributed by atoms with Crippen molar-refractivity contribution >= 4 is 39.1 Å². The number of furan rings is 1. The Morgan fingerprint density at radius 2 is 2.05 bits per heavy atom. The maximum absolute atomic E-state index is 12.0. The van der Waals surface area contributed by atoms with Crippen LogP contribution in [0.15, 0.2) is 39.4 Å². The third-order valence-electron chi connectivity index (χ3n) is 3.01. The van der Waals surface area contributed by atoms with Crippen LogP contribution in [0.3, 0.4) is 0 Å². The van der Waals surface area contributed by atoms with Gasteiger partial charge in [-0.1, -0.05) is 11.6 Å². The number of anilines is 1. The molecule has 0 aliphatic heterocycles. The lowest BCUT2D eigenvalue weighted by molar-refractivity contribution is 0.0827. The molecular weight excluding hydrogens is 356 g/mol. The molecule has 1 aromatic heterocycles. The van der Waals surface area contributed by atoms with E-state index in [0.29, 0.717) is 20.9 Å². The summed E-state index contributed by atoms with van der Waals surface area (Å²) in [5.41, 5.74) is 1.28. The molecule has 21 heavy (non-hydrogen) atoms. The Balaban J connectivity index is 2.23. The standard InChI is InChI=1S/C15H16BrClN2O2/c1-9(13-6-7-14(16)21-13)18-12-8-10(4-5-11(12)17)15(20)19(2)3/h4-9,18H,1-3H3. The molecule has 112 valence electrons. The van der Waals surface area contributed by atoms with Gasteiger partial charge in [-0.3, -0.25) is 4.79 Å². The highest BCUT2D eigenvalue weighted by Crippen LogP contribution is 2.29. The first-order chi connectivity index (χ1) is 9.88. The van der Waals surface area contributed by atoms with Gasteiger partial charge in [-0.2, -0.15) is 0 Å². The predicted molar refractivity (Wildman–Crippen MR) is 87.9 cm³/mol. The fraction of sp³-hybridized carbons (Fsp3) is 0.267. The second-order valence-corrected chi connectivity index (χ2v) is 6.09. The topological polar surface area (TPSA) is 45.5 Å². The largest absolute Gasteiger partial charge is 0.452 e. The van der Waals surface area contributed by atoms with E-state index in [2.05, 4.69) is 21.2 Å². The van der Waals surface area contributed by atoms with Crippen LogP contribution in [0.5, 0.6) is 0 Å². The molecular formula is C15H16BrClN2O2. The van der Waals surface area contributed by atoms with Crippen LogP contribution in [-0.4, -0.2) is 24.9 Å². The van der Waals surface area contributed by atoms with Gasteiger partial charge < -0.3 is 14.6 Å². The fourth-order valence-corrected chi connectivity index (χ4v) is 2.38. The quantitative estimate of drug-likeness (QED) is 0.856. The van der Waals surface area contributed by atoms with Crippen molar-refractivity contribution in [1.29, 1.82) is 0 Å². The van der Waals surface area contributed by atoms with Crippen LogP contribution in [0, 0.1) is 0 Å². The van der Waals surface area contributed by atoms with E-state index < -0.39 is 0 Å². The molecule has 1 unspecified atom stereocenters. The van der Waals surface area contributed by atoms with Gasteiger partial charge in [0.15, 0.2) is 4.67 Å². The highest BCUT2D eigenvalue weighted by Gasteiger charge is 2.14. The molecule has 0 aliphatic rings. The molecule has 6 heteroatoms. The molecule has 2 aromatic rings. The number of benzene rings is 1. The van der Waals surface area contributed by atoms with Gasteiger partial charge in [0.05, 0.1) is 16.8 Å². The van der Waals surface area contributed by atoms with Gasteiger partial charge >= 0.3 is 0 Å². The summed E-state index contributed by atoms with van der Waals surface area (Å²) >= 11 is 9.47. The highest BCUT2D eigenvalue weighted by molar-refractivity contribution is 9.10. The summed E-state index contributed by atoms with van der Waals surface area (Å²) in [6.45, 7) is 1.96. The SMILES string of the molecule is CC(Nc1cc(C(=O)N(C)C)ccc1Cl)c1ccc(Br)o1. The summed E-state index contributed by atoms with van der Waals surface area (Å²) in [6, 6.07) is 8.82. The Bertz CT molecular complexity index is 655. The van der Waals surface area contributed by atoms with E-state index in [1.165, 1.54) is 4.90 Å². The van der Waals surface area contributed by atoms with E-state index in [9.17, 15) is 4.79 Å². The minimum absolute atomic E-state index is 0.0666. The summed E-state index contributed by atoms with van der Waals surface area (Å²) in [6.07, 6.45) is 0. The first kappa shape index (κ1) is 15.9. The molecule has 1 aromatic carbocycles. The second-order valence-electron chi connectivity index (χ2n) is 4.90. The average molecular weight is 372 g/mol. The Kier molecular flexibility index (Phi) is 4.96. The van der Waals surface area contributed by atoms with Crippen LogP contribution in [0.1, 0.15) is 29.1 Å². The van der Waals surface area contributed by atoms with Crippen LogP contribution in [0.25, 0.3) is 0 Å². The summed E-state index contributed by atoms with van der Waals surface area (Å²) in [5, 5.41) is 3.81. The van der Waals surface area contributed by atoms with E-state index in [4.69, 9.17) is 16.0 Å². The zero-order chi connectivity index (χ0) is 15.6. The number of rotatable bonds is 4. The lowest BCUT2D eigenvalue weighted by atomic mass is 10.1. The van der Waals surface area contributed by atoms with Crippen LogP contribution in [-0.2, 0) is 0 Å². The number of nitrogens with one attached hydrogen (secondary N) is 1. The van der Waals surface area contributed by atoms with Crippen molar-refractivity contribution in [3.8, 4) is 0 Å². The Labute approximate surface area is 137 Å². The molecule has 1 N–H and O–H groups in total. The minimum Gasteiger partial charge on any atom is -0.452 e. The molecule has 1 amide bonds. The van der Waals surface area contributed by atoms with Crippen molar-refractivity contribution in [2.24, 2.45) is 0 Å². The van der Waals surface area contributed by atoms with E-state index in [0.717, 1.165) is 5.76 Å². The normalized spacial score (nSPS) is 12.0.